The van der Waals surface area contributed by atoms with E-state index in [0.717, 1.165) is 37.8 Å². The highest BCUT2D eigenvalue weighted by atomic mass is 32.2. The minimum Gasteiger partial charge on any atom is -0.452 e. The Morgan fingerprint density at radius 2 is 1.73 bits per heavy atom. The Hall–Kier alpha value is -2.71. The maximum atomic E-state index is 13.0. The van der Waals surface area contributed by atoms with Gasteiger partial charge >= 0.3 is 5.97 Å². The topological polar surface area (TPSA) is 92.8 Å². The van der Waals surface area contributed by atoms with Crippen molar-refractivity contribution in [1.29, 1.82) is 0 Å². The Labute approximate surface area is 177 Å². The second kappa shape index (κ2) is 9.86. The van der Waals surface area contributed by atoms with E-state index in [4.69, 9.17) is 4.74 Å². The van der Waals surface area contributed by atoms with Crippen LogP contribution in [0.2, 0.25) is 0 Å². The van der Waals surface area contributed by atoms with Gasteiger partial charge in [-0.3, -0.25) is 4.79 Å². The first-order valence-corrected chi connectivity index (χ1v) is 11.5. The number of nitrogens with zero attached hydrogens (tertiary/aromatic N) is 1. The van der Waals surface area contributed by atoms with Crippen molar-refractivity contribution in [3.8, 4) is 0 Å². The van der Waals surface area contributed by atoms with E-state index in [0.29, 0.717) is 0 Å². The van der Waals surface area contributed by atoms with Crippen LogP contribution in [0.15, 0.2) is 59.5 Å². The van der Waals surface area contributed by atoms with Crippen LogP contribution in [0.1, 0.15) is 42.5 Å². The lowest BCUT2D eigenvalue weighted by Gasteiger charge is -2.34. The molecule has 1 aliphatic rings. The molecule has 160 valence electrons. The smallest absolute Gasteiger partial charge is 0.338 e. The molecule has 0 saturated heterocycles. The van der Waals surface area contributed by atoms with Crippen molar-refractivity contribution < 1.29 is 22.7 Å². The van der Waals surface area contributed by atoms with Crippen molar-refractivity contribution in [2.75, 3.05) is 18.6 Å². The molecule has 7 nitrogen and oxygen atoms in total. The van der Waals surface area contributed by atoms with Crippen LogP contribution in [0.3, 0.4) is 0 Å². The van der Waals surface area contributed by atoms with E-state index in [1.807, 2.05) is 30.3 Å². The number of ether oxygens (including phenoxy) is 1. The van der Waals surface area contributed by atoms with Crippen LogP contribution in [0, 0.1) is 0 Å². The maximum Gasteiger partial charge on any atom is 0.338 e. The van der Waals surface area contributed by atoms with Crippen LogP contribution in [0.4, 0.5) is 5.69 Å². The number of amides is 1. The van der Waals surface area contributed by atoms with Gasteiger partial charge in [0.25, 0.3) is 5.91 Å². The third kappa shape index (κ3) is 5.25. The summed E-state index contributed by atoms with van der Waals surface area (Å²) in [6.45, 7) is -0.409. The van der Waals surface area contributed by atoms with Crippen molar-refractivity contribution in [2.45, 2.75) is 43.0 Å². The molecule has 2 aromatic carbocycles. The van der Waals surface area contributed by atoms with E-state index >= 15 is 0 Å². The first-order valence-electron chi connectivity index (χ1n) is 10.0. The lowest BCUT2D eigenvalue weighted by atomic mass is 9.93. The minimum absolute atomic E-state index is 0.0427. The summed E-state index contributed by atoms with van der Waals surface area (Å²) in [5.41, 5.74) is 0.857. The predicted molar refractivity (Wildman–Crippen MR) is 114 cm³/mol. The molecule has 0 bridgehead atoms. The quantitative estimate of drug-likeness (QED) is 0.682. The highest BCUT2D eigenvalue weighted by Crippen LogP contribution is 2.27. The molecule has 1 N–H and O–H groups in total. The molecule has 0 radical (unpaired) electrons. The standard InChI is InChI=1S/C22H26N2O5S/c1-23-30(27,28)20-14-8-9-17(15-20)22(26)29-16-21(25)24(18-10-4-2-5-11-18)19-12-6-3-7-13-19/h2,4-5,8-11,14-15,19,23H,3,6-7,12-13,16H2,1H3. The number of hydrogen-bond acceptors (Lipinski definition) is 5. The van der Waals surface area contributed by atoms with Gasteiger partial charge in [0, 0.05) is 11.7 Å². The molecule has 0 aromatic heterocycles. The van der Waals surface area contributed by atoms with E-state index < -0.39 is 22.6 Å². The van der Waals surface area contributed by atoms with Crippen molar-refractivity contribution in [3.05, 3.63) is 60.2 Å². The molecule has 0 spiro atoms. The van der Waals surface area contributed by atoms with Gasteiger partial charge in [0.05, 0.1) is 10.5 Å². The molecule has 8 heteroatoms. The SMILES string of the molecule is CNS(=O)(=O)c1cccc(C(=O)OCC(=O)N(c2ccccc2)C2CCCCC2)c1. The number of carbonyl (C=O) groups is 2. The Morgan fingerprint density at radius 3 is 2.40 bits per heavy atom. The third-order valence-electron chi connectivity index (χ3n) is 5.22. The largest absolute Gasteiger partial charge is 0.452 e. The number of para-hydroxylation sites is 1. The number of esters is 1. The lowest BCUT2D eigenvalue weighted by Crippen LogP contribution is -2.43. The van der Waals surface area contributed by atoms with Gasteiger partial charge in [-0.05, 0) is 50.2 Å². The molecule has 2 aromatic rings. The summed E-state index contributed by atoms with van der Waals surface area (Å²) in [7, 11) is -2.39. The molecule has 1 amide bonds. The molecule has 3 rings (SSSR count). The third-order valence-corrected chi connectivity index (χ3v) is 6.63. The minimum atomic E-state index is -3.68. The number of benzene rings is 2. The fourth-order valence-corrected chi connectivity index (χ4v) is 4.45. The van der Waals surface area contributed by atoms with E-state index in [-0.39, 0.29) is 22.4 Å². The van der Waals surface area contributed by atoms with Gasteiger partial charge < -0.3 is 9.64 Å². The number of hydrogen-bond donors (Lipinski definition) is 1. The molecule has 0 aliphatic heterocycles. The van der Waals surface area contributed by atoms with Gasteiger partial charge in [0.2, 0.25) is 10.0 Å². The van der Waals surface area contributed by atoms with Gasteiger partial charge in [-0.1, -0.05) is 43.5 Å². The normalized spacial score (nSPS) is 14.8. The van der Waals surface area contributed by atoms with Gasteiger partial charge in [0.15, 0.2) is 6.61 Å². The van der Waals surface area contributed by atoms with Crippen LogP contribution in [0.25, 0.3) is 0 Å². The average molecular weight is 431 g/mol. The first kappa shape index (κ1) is 22.0. The Kier molecular flexibility index (Phi) is 7.23. The summed E-state index contributed by atoms with van der Waals surface area (Å²) < 4.78 is 31.3. The summed E-state index contributed by atoms with van der Waals surface area (Å²) in [5.74, 6) is -1.03. The zero-order chi connectivity index (χ0) is 21.6. The van der Waals surface area contributed by atoms with E-state index in [2.05, 4.69) is 4.72 Å². The van der Waals surface area contributed by atoms with E-state index in [1.165, 1.54) is 31.3 Å². The predicted octanol–water partition coefficient (Wildman–Crippen LogP) is 3.12. The molecule has 0 atom stereocenters. The fourth-order valence-electron chi connectivity index (χ4n) is 3.67. The van der Waals surface area contributed by atoms with Crippen LogP contribution in [-0.2, 0) is 19.6 Å². The van der Waals surface area contributed by atoms with Crippen molar-refractivity contribution >= 4 is 27.6 Å². The highest BCUT2D eigenvalue weighted by Gasteiger charge is 2.27. The van der Waals surface area contributed by atoms with Crippen molar-refractivity contribution in [1.82, 2.24) is 4.72 Å². The maximum absolute atomic E-state index is 13.0. The average Bonchev–Trinajstić information content (AvgIpc) is 2.79. The first-order chi connectivity index (χ1) is 14.4. The fraction of sp³-hybridized carbons (Fsp3) is 0.364. The summed E-state index contributed by atoms with van der Waals surface area (Å²) in [5, 5.41) is 0. The number of nitrogens with one attached hydrogen (secondary N) is 1. The summed E-state index contributed by atoms with van der Waals surface area (Å²) in [6, 6.07) is 15.0. The lowest BCUT2D eigenvalue weighted by molar-refractivity contribution is -0.122. The Bertz CT molecular complexity index is 986. The van der Waals surface area contributed by atoms with Gasteiger partial charge in [-0.15, -0.1) is 0 Å². The van der Waals surface area contributed by atoms with Gasteiger partial charge in [-0.2, -0.15) is 0 Å². The molecule has 0 heterocycles. The Balaban J connectivity index is 1.72. The van der Waals surface area contributed by atoms with Gasteiger partial charge in [-0.25, -0.2) is 17.9 Å². The second-order valence-corrected chi connectivity index (χ2v) is 9.09. The van der Waals surface area contributed by atoms with Crippen LogP contribution in [-0.4, -0.2) is 40.0 Å². The molecule has 0 unspecified atom stereocenters. The molecular formula is C22H26N2O5S. The second-order valence-electron chi connectivity index (χ2n) is 7.20. The molecule has 1 saturated carbocycles. The molecule has 30 heavy (non-hydrogen) atoms. The Morgan fingerprint density at radius 1 is 1.03 bits per heavy atom. The summed E-state index contributed by atoms with van der Waals surface area (Å²) >= 11 is 0. The van der Waals surface area contributed by atoms with Crippen LogP contribution in [0.5, 0.6) is 0 Å². The summed E-state index contributed by atoms with van der Waals surface area (Å²) in [4.78, 5) is 27.1. The monoisotopic (exact) mass is 430 g/mol. The molecular weight excluding hydrogens is 404 g/mol. The zero-order valence-corrected chi connectivity index (χ0v) is 17.7. The van der Waals surface area contributed by atoms with E-state index in [1.54, 1.807) is 4.90 Å². The zero-order valence-electron chi connectivity index (χ0n) is 16.9. The van der Waals surface area contributed by atoms with Gasteiger partial charge in [0.1, 0.15) is 0 Å². The molecule has 1 fully saturated rings. The van der Waals surface area contributed by atoms with Crippen LogP contribution < -0.4 is 9.62 Å². The number of anilines is 1. The summed E-state index contributed by atoms with van der Waals surface area (Å²) in [6.07, 6.45) is 5.12. The van der Waals surface area contributed by atoms with E-state index in [9.17, 15) is 18.0 Å². The number of sulfonamides is 1. The van der Waals surface area contributed by atoms with Crippen molar-refractivity contribution in [3.63, 3.8) is 0 Å². The number of carbonyl (C=O) groups excluding carboxylic acids is 2. The van der Waals surface area contributed by atoms with Crippen molar-refractivity contribution in [2.24, 2.45) is 0 Å². The molecule has 1 aliphatic carbocycles. The highest BCUT2D eigenvalue weighted by molar-refractivity contribution is 7.89. The number of rotatable bonds is 7. The van der Waals surface area contributed by atoms with Crippen LogP contribution >= 0.6 is 0 Å².